The molecule has 0 N–H and O–H groups in total. The first-order valence-corrected chi connectivity index (χ1v) is 9.57. The summed E-state index contributed by atoms with van der Waals surface area (Å²) < 4.78 is 37.2. The maximum Gasteiger partial charge on any atom is 0.264 e. The number of halogens is 1. The van der Waals surface area contributed by atoms with Gasteiger partial charge in [-0.1, -0.05) is 16.8 Å². The molecule has 136 valence electrons. The molecule has 0 bridgehead atoms. The fourth-order valence-corrected chi connectivity index (χ4v) is 3.62. The predicted molar refractivity (Wildman–Crippen MR) is 99.1 cm³/mol. The second kappa shape index (κ2) is 7.39. The standard InChI is InChI=1S/C18H17ClN2O4S/c1-13-11-15(20-25-13)12-24-17-7-5-16(6-8-17)21(2)26(22,23)18-9-3-14(19)4-10-18/h3-11H,12H2,1-2H3. The number of hydrogen-bond acceptors (Lipinski definition) is 5. The molecule has 8 heteroatoms. The third kappa shape index (κ3) is 4.00. The van der Waals surface area contributed by atoms with E-state index < -0.39 is 10.0 Å². The number of nitrogens with zero attached hydrogens (tertiary/aromatic N) is 2. The van der Waals surface area contributed by atoms with E-state index in [9.17, 15) is 8.42 Å². The summed E-state index contributed by atoms with van der Waals surface area (Å²) in [6, 6.07) is 14.6. The van der Waals surface area contributed by atoms with E-state index in [0.717, 1.165) is 0 Å². The van der Waals surface area contributed by atoms with Crippen molar-refractivity contribution >= 4 is 27.3 Å². The van der Waals surface area contributed by atoms with Crippen LogP contribution in [0.2, 0.25) is 5.02 Å². The van der Waals surface area contributed by atoms with Crippen molar-refractivity contribution in [1.29, 1.82) is 0 Å². The molecule has 6 nitrogen and oxygen atoms in total. The molecule has 2 aromatic carbocycles. The molecular formula is C18H17ClN2O4S. The molecule has 0 spiro atoms. The minimum Gasteiger partial charge on any atom is -0.487 e. The van der Waals surface area contributed by atoms with Crippen molar-refractivity contribution in [2.75, 3.05) is 11.4 Å². The molecule has 3 aromatic rings. The Hall–Kier alpha value is -2.51. The summed E-state index contributed by atoms with van der Waals surface area (Å²) in [6.07, 6.45) is 0. The zero-order chi connectivity index (χ0) is 18.7. The third-order valence-electron chi connectivity index (χ3n) is 3.74. The average Bonchev–Trinajstić information content (AvgIpc) is 3.05. The van der Waals surface area contributed by atoms with E-state index >= 15 is 0 Å². The smallest absolute Gasteiger partial charge is 0.264 e. The summed E-state index contributed by atoms with van der Waals surface area (Å²) in [5.41, 5.74) is 1.21. The van der Waals surface area contributed by atoms with E-state index in [1.165, 1.54) is 23.5 Å². The van der Waals surface area contributed by atoms with Crippen molar-refractivity contribution in [3.05, 3.63) is 71.1 Å². The van der Waals surface area contributed by atoms with Gasteiger partial charge in [-0.3, -0.25) is 4.31 Å². The fraction of sp³-hybridized carbons (Fsp3) is 0.167. The van der Waals surface area contributed by atoms with Crippen molar-refractivity contribution in [2.24, 2.45) is 0 Å². The number of rotatable bonds is 6. The Bertz CT molecular complexity index is 983. The van der Waals surface area contributed by atoms with E-state index in [1.807, 2.05) is 6.92 Å². The minimum atomic E-state index is -3.66. The van der Waals surface area contributed by atoms with Gasteiger partial charge in [0, 0.05) is 18.1 Å². The molecule has 26 heavy (non-hydrogen) atoms. The molecule has 0 saturated heterocycles. The topological polar surface area (TPSA) is 72.6 Å². The van der Waals surface area contributed by atoms with Gasteiger partial charge >= 0.3 is 0 Å². The fourth-order valence-electron chi connectivity index (χ4n) is 2.30. The number of sulfonamides is 1. The first-order valence-electron chi connectivity index (χ1n) is 7.76. The molecule has 1 heterocycles. The Labute approximate surface area is 157 Å². The largest absolute Gasteiger partial charge is 0.487 e. The van der Waals surface area contributed by atoms with Crippen LogP contribution in [0.3, 0.4) is 0 Å². The van der Waals surface area contributed by atoms with E-state index in [2.05, 4.69) is 5.16 Å². The molecule has 0 saturated carbocycles. The van der Waals surface area contributed by atoms with Crippen LogP contribution in [0.1, 0.15) is 11.5 Å². The summed E-state index contributed by atoms with van der Waals surface area (Å²) in [4.78, 5) is 0.172. The van der Waals surface area contributed by atoms with Crippen LogP contribution in [-0.4, -0.2) is 20.6 Å². The summed E-state index contributed by atoms with van der Waals surface area (Å²) in [7, 11) is -2.16. The van der Waals surface area contributed by atoms with Crippen LogP contribution in [0.15, 0.2) is 64.0 Å². The third-order valence-corrected chi connectivity index (χ3v) is 5.79. The lowest BCUT2D eigenvalue weighted by atomic mass is 10.3. The number of anilines is 1. The summed E-state index contributed by atoms with van der Waals surface area (Å²) >= 11 is 5.82. The summed E-state index contributed by atoms with van der Waals surface area (Å²) in [5, 5.41) is 4.33. The predicted octanol–water partition coefficient (Wildman–Crippen LogP) is 4.04. The van der Waals surface area contributed by atoms with Gasteiger partial charge in [0.05, 0.1) is 10.6 Å². The van der Waals surface area contributed by atoms with Gasteiger partial charge in [0.25, 0.3) is 10.0 Å². The maximum atomic E-state index is 12.7. The van der Waals surface area contributed by atoms with Crippen LogP contribution in [0.25, 0.3) is 0 Å². The normalized spacial score (nSPS) is 11.3. The molecule has 3 rings (SSSR count). The number of aromatic nitrogens is 1. The summed E-state index contributed by atoms with van der Waals surface area (Å²) in [5.74, 6) is 1.32. The van der Waals surface area contributed by atoms with Gasteiger partial charge in [0.15, 0.2) is 0 Å². The van der Waals surface area contributed by atoms with E-state index in [0.29, 0.717) is 27.9 Å². The van der Waals surface area contributed by atoms with Gasteiger partial charge in [-0.25, -0.2) is 8.42 Å². The SMILES string of the molecule is Cc1cc(COc2ccc(N(C)S(=O)(=O)c3ccc(Cl)cc3)cc2)no1. The molecule has 1 aromatic heterocycles. The number of benzene rings is 2. The van der Waals surface area contributed by atoms with Crippen LogP contribution in [-0.2, 0) is 16.6 Å². The highest BCUT2D eigenvalue weighted by Gasteiger charge is 2.21. The van der Waals surface area contributed by atoms with Crippen LogP contribution < -0.4 is 9.04 Å². The number of ether oxygens (including phenoxy) is 1. The van der Waals surface area contributed by atoms with Crippen LogP contribution >= 0.6 is 11.6 Å². The van der Waals surface area contributed by atoms with Crippen molar-refractivity contribution in [2.45, 2.75) is 18.4 Å². The maximum absolute atomic E-state index is 12.7. The Morgan fingerprint density at radius 1 is 1.12 bits per heavy atom. The average molecular weight is 393 g/mol. The van der Waals surface area contributed by atoms with Crippen molar-refractivity contribution in [3.63, 3.8) is 0 Å². The molecule has 0 aliphatic carbocycles. The van der Waals surface area contributed by atoms with Crippen LogP contribution in [0, 0.1) is 6.92 Å². The van der Waals surface area contributed by atoms with E-state index in [-0.39, 0.29) is 11.5 Å². The lowest BCUT2D eigenvalue weighted by Crippen LogP contribution is -2.26. The Kier molecular flexibility index (Phi) is 5.20. The van der Waals surface area contributed by atoms with Crippen molar-refractivity contribution in [1.82, 2.24) is 5.16 Å². The molecular weight excluding hydrogens is 376 g/mol. The molecule has 0 radical (unpaired) electrons. The highest BCUT2D eigenvalue weighted by molar-refractivity contribution is 7.92. The van der Waals surface area contributed by atoms with Gasteiger partial charge in [-0.05, 0) is 55.5 Å². The molecule has 0 amide bonds. The highest BCUT2D eigenvalue weighted by Crippen LogP contribution is 2.25. The van der Waals surface area contributed by atoms with Gasteiger partial charge < -0.3 is 9.26 Å². The minimum absolute atomic E-state index is 0.172. The monoisotopic (exact) mass is 392 g/mol. The quantitative estimate of drug-likeness (QED) is 0.633. The number of hydrogen-bond donors (Lipinski definition) is 0. The molecule has 0 atom stereocenters. The van der Waals surface area contributed by atoms with Gasteiger partial charge in [-0.2, -0.15) is 0 Å². The molecule has 0 aliphatic rings. The Balaban J connectivity index is 1.71. The second-order valence-electron chi connectivity index (χ2n) is 5.64. The second-order valence-corrected chi connectivity index (χ2v) is 8.04. The lowest BCUT2D eigenvalue weighted by Gasteiger charge is -2.20. The van der Waals surface area contributed by atoms with Gasteiger partial charge in [-0.15, -0.1) is 0 Å². The molecule has 0 fully saturated rings. The van der Waals surface area contributed by atoms with Gasteiger partial charge in [0.2, 0.25) is 0 Å². The first-order chi connectivity index (χ1) is 12.4. The zero-order valence-corrected chi connectivity index (χ0v) is 15.8. The van der Waals surface area contributed by atoms with Gasteiger partial charge in [0.1, 0.15) is 23.8 Å². The Morgan fingerprint density at radius 3 is 2.35 bits per heavy atom. The highest BCUT2D eigenvalue weighted by atomic mass is 35.5. The molecule has 0 aliphatic heterocycles. The first kappa shape index (κ1) is 18.3. The Morgan fingerprint density at radius 2 is 1.77 bits per heavy atom. The van der Waals surface area contributed by atoms with Crippen molar-refractivity contribution < 1.29 is 17.7 Å². The van der Waals surface area contributed by atoms with E-state index in [1.54, 1.807) is 42.5 Å². The zero-order valence-electron chi connectivity index (χ0n) is 14.2. The van der Waals surface area contributed by atoms with Crippen LogP contribution in [0.4, 0.5) is 5.69 Å². The number of aryl methyl sites for hydroxylation is 1. The van der Waals surface area contributed by atoms with Crippen molar-refractivity contribution in [3.8, 4) is 5.75 Å². The summed E-state index contributed by atoms with van der Waals surface area (Å²) in [6.45, 7) is 2.08. The van der Waals surface area contributed by atoms with Crippen LogP contribution in [0.5, 0.6) is 5.75 Å². The lowest BCUT2D eigenvalue weighted by molar-refractivity contribution is 0.288. The molecule has 0 unspecified atom stereocenters. The van der Waals surface area contributed by atoms with E-state index in [4.69, 9.17) is 20.9 Å².